The number of ether oxygens (including phenoxy) is 1. The highest BCUT2D eigenvalue weighted by Gasteiger charge is 2.42. The van der Waals surface area contributed by atoms with E-state index in [0.29, 0.717) is 19.5 Å². The molecular formula is C21H35Cl2N3O2. The first-order valence-corrected chi connectivity index (χ1v) is 10.1. The molecule has 1 aliphatic carbocycles. The van der Waals surface area contributed by atoms with Gasteiger partial charge in [-0.25, -0.2) is 0 Å². The molecule has 2 aliphatic rings. The Morgan fingerprint density at radius 3 is 2.36 bits per heavy atom. The number of morpholine rings is 1. The first kappa shape index (κ1) is 25.2. The van der Waals surface area contributed by atoms with Crippen molar-refractivity contribution in [2.45, 2.75) is 50.6 Å². The van der Waals surface area contributed by atoms with Gasteiger partial charge in [0.05, 0.1) is 13.2 Å². The molecule has 0 unspecified atom stereocenters. The summed E-state index contributed by atoms with van der Waals surface area (Å²) < 4.78 is 5.54. The highest BCUT2D eigenvalue weighted by atomic mass is 35.5. The van der Waals surface area contributed by atoms with Gasteiger partial charge < -0.3 is 15.4 Å². The summed E-state index contributed by atoms with van der Waals surface area (Å²) >= 11 is 0. The van der Waals surface area contributed by atoms with Crippen LogP contribution in [0.1, 0.15) is 44.1 Å². The van der Waals surface area contributed by atoms with Gasteiger partial charge in [-0.15, -0.1) is 24.8 Å². The zero-order valence-corrected chi connectivity index (χ0v) is 18.3. The van der Waals surface area contributed by atoms with Gasteiger partial charge in [0.25, 0.3) is 0 Å². The van der Waals surface area contributed by atoms with Crippen LogP contribution in [0, 0.1) is 0 Å². The molecule has 1 aromatic carbocycles. The molecule has 1 amide bonds. The smallest absolute Gasteiger partial charge is 0.224 e. The molecule has 1 aromatic rings. The lowest BCUT2D eigenvalue weighted by atomic mass is 9.89. The number of hydrogen-bond donors (Lipinski definition) is 1. The molecule has 1 aliphatic heterocycles. The van der Waals surface area contributed by atoms with Crippen molar-refractivity contribution in [2.75, 3.05) is 39.4 Å². The Morgan fingerprint density at radius 2 is 1.75 bits per heavy atom. The maximum Gasteiger partial charge on any atom is 0.224 e. The zero-order valence-electron chi connectivity index (χ0n) is 16.7. The number of carbonyl (C=O) groups is 1. The van der Waals surface area contributed by atoms with Crippen molar-refractivity contribution in [1.82, 2.24) is 9.80 Å². The lowest BCUT2D eigenvalue weighted by Crippen LogP contribution is -2.54. The molecule has 0 atom stereocenters. The fourth-order valence-corrected chi connectivity index (χ4v) is 4.45. The fraction of sp³-hybridized carbons (Fsp3) is 0.667. The van der Waals surface area contributed by atoms with E-state index in [1.165, 1.54) is 18.4 Å². The second-order valence-corrected chi connectivity index (χ2v) is 7.65. The summed E-state index contributed by atoms with van der Waals surface area (Å²) in [5.74, 6) is 0.274. The van der Waals surface area contributed by atoms with Crippen LogP contribution in [0.2, 0.25) is 0 Å². The molecule has 2 N–H and O–H groups in total. The van der Waals surface area contributed by atoms with Crippen molar-refractivity contribution in [3.8, 4) is 0 Å². The summed E-state index contributed by atoms with van der Waals surface area (Å²) in [6.45, 7) is 5.52. The number of nitrogens with zero attached hydrogens (tertiary/aromatic N) is 2. The summed E-state index contributed by atoms with van der Waals surface area (Å²) in [4.78, 5) is 17.8. The first-order valence-electron chi connectivity index (χ1n) is 10.1. The van der Waals surface area contributed by atoms with Gasteiger partial charge >= 0.3 is 0 Å². The molecule has 28 heavy (non-hydrogen) atoms. The number of amides is 1. The topological polar surface area (TPSA) is 58.8 Å². The lowest BCUT2D eigenvalue weighted by molar-refractivity contribution is -0.136. The molecule has 160 valence electrons. The van der Waals surface area contributed by atoms with Crippen LogP contribution in [-0.4, -0.2) is 60.6 Å². The van der Waals surface area contributed by atoms with E-state index in [9.17, 15) is 4.79 Å². The third kappa shape index (κ3) is 6.60. The van der Waals surface area contributed by atoms with Crippen LogP contribution < -0.4 is 5.73 Å². The van der Waals surface area contributed by atoms with Gasteiger partial charge in [-0.1, -0.05) is 43.2 Å². The molecule has 2 fully saturated rings. The second-order valence-electron chi connectivity index (χ2n) is 7.65. The average molecular weight is 432 g/mol. The minimum absolute atomic E-state index is 0. The highest BCUT2D eigenvalue weighted by molar-refractivity contribution is 5.85. The number of hydrogen-bond acceptors (Lipinski definition) is 4. The van der Waals surface area contributed by atoms with Crippen LogP contribution in [-0.2, 0) is 16.1 Å². The summed E-state index contributed by atoms with van der Waals surface area (Å²) in [5, 5.41) is 0. The quantitative estimate of drug-likeness (QED) is 0.685. The molecule has 3 rings (SSSR count). The maximum absolute atomic E-state index is 13.3. The minimum Gasteiger partial charge on any atom is -0.379 e. The fourth-order valence-electron chi connectivity index (χ4n) is 4.45. The van der Waals surface area contributed by atoms with Crippen LogP contribution >= 0.6 is 24.8 Å². The third-order valence-electron chi connectivity index (χ3n) is 5.90. The van der Waals surface area contributed by atoms with Crippen LogP contribution in [0.4, 0.5) is 0 Å². The largest absolute Gasteiger partial charge is 0.379 e. The molecule has 0 aromatic heterocycles. The summed E-state index contributed by atoms with van der Waals surface area (Å²) in [6, 6.07) is 10.3. The van der Waals surface area contributed by atoms with Crippen molar-refractivity contribution in [1.29, 1.82) is 0 Å². The van der Waals surface area contributed by atoms with Crippen LogP contribution in [0.5, 0.6) is 0 Å². The number of nitrogens with two attached hydrogens (primary N) is 1. The summed E-state index contributed by atoms with van der Waals surface area (Å²) in [7, 11) is 0. The van der Waals surface area contributed by atoms with E-state index in [-0.39, 0.29) is 36.3 Å². The van der Waals surface area contributed by atoms with E-state index in [1.807, 2.05) is 23.1 Å². The Labute approximate surface area is 181 Å². The Morgan fingerprint density at radius 1 is 1.11 bits per heavy atom. The van der Waals surface area contributed by atoms with Crippen molar-refractivity contribution in [3.05, 3.63) is 35.9 Å². The summed E-state index contributed by atoms with van der Waals surface area (Å²) in [5.41, 5.74) is 6.94. The molecule has 0 spiro atoms. The van der Waals surface area contributed by atoms with Crippen molar-refractivity contribution in [3.63, 3.8) is 0 Å². The van der Waals surface area contributed by atoms with Gasteiger partial charge in [0.2, 0.25) is 5.91 Å². The SMILES string of the molecule is Cl.Cl.NCCCN(Cc1ccccc1)C(=O)CC1(N2CCOCC2)CCCC1. The predicted molar refractivity (Wildman–Crippen MR) is 118 cm³/mol. The Hall–Kier alpha value is -0.850. The Kier molecular flexibility index (Phi) is 11.4. The Bertz CT molecular complexity index is 562. The second kappa shape index (κ2) is 12.7. The lowest BCUT2D eigenvalue weighted by Gasteiger charge is -2.44. The van der Waals surface area contributed by atoms with E-state index >= 15 is 0 Å². The maximum atomic E-state index is 13.3. The molecule has 1 heterocycles. The Balaban J connectivity index is 0.00000196. The van der Waals surface area contributed by atoms with E-state index in [1.54, 1.807) is 0 Å². The minimum atomic E-state index is 0. The van der Waals surface area contributed by atoms with Gasteiger partial charge in [-0.2, -0.15) is 0 Å². The van der Waals surface area contributed by atoms with Gasteiger partial charge in [0.1, 0.15) is 0 Å². The molecule has 1 saturated carbocycles. The molecule has 7 heteroatoms. The van der Waals surface area contributed by atoms with Crippen LogP contribution in [0.25, 0.3) is 0 Å². The van der Waals surface area contributed by atoms with Gasteiger partial charge in [0, 0.05) is 38.1 Å². The van der Waals surface area contributed by atoms with E-state index < -0.39 is 0 Å². The molecular weight excluding hydrogens is 397 g/mol. The third-order valence-corrected chi connectivity index (χ3v) is 5.90. The normalized spacial score (nSPS) is 18.8. The average Bonchev–Trinajstić information content (AvgIpc) is 3.16. The predicted octanol–water partition coefficient (Wildman–Crippen LogP) is 3.24. The summed E-state index contributed by atoms with van der Waals surface area (Å²) in [6.07, 6.45) is 6.20. The molecule has 0 bridgehead atoms. The van der Waals surface area contributed by atoms with E-state index in [2.05, 4.69) is 17.0 Å². The van der Waals surface area contributed by atoms with Gasteiger partial charge in [0.15, 0.2) is 0 Å². The number of rotatable bonds is 8. The standard InChI is InChI=1S/C21H33N3O2.2ClH/c22-11-6-12-23(18-19-7-2-1-3-8-19)20(25)17-21(9-4-5-10-21)24-13-15-26-16-14-24;;/h1-3,7-8H,4-6,9-18,22H2;2*1H. The van der Waals surface area contributed by atoms with Gasteiger partial charge in [-0.05, 0) is 31.4 Å². The van der Waals surface area contributed by atoms with Crippen LogP contribution in [0.3, 0.4) is 0 Å². The molecule has 5 nitrogen and oxygen atoms in total. The van der Waals surface area contributed by atoms with E-state index in [0.717, 1.165) is 52.1 Å². The first-order chi connectivity index (χ1) is 12.7. The van der Waals surface area contributed by atoms with Crippen molar-refractivity contribution < 1.29 is 9.53 Å². The van der Waals surface area contributed by atoms with Crippen LogP contribution in [0.15, 0.2) is 30.3 Å². The monoisotopic (exact) mass is 431 g/mol. The number of benzene rings is 1. The van der Waals surface area contributed by atoms with E-state index in [4.69, 9.17) is 10.5 Å². The highest BCUT2D eigenvalue weighted by Crippen LogP contribution is 2.39. The molecule has 0 radical (unpaired) electrons. The molecule has 1 saturated heterocycles. The van der Waals surface area contributed by atoms with Crippen molar-refractivity contribution in [2.24, 2.45) is 5.73 Å². The van der Waals surface area contributed by atoms with Crippen molar-refractivity contribution >= 4 is 30.7 Å². The number of halogens is 2. The number of carbonyl (C=O) groups excluding carboxylic acids is 1. The zero-order chi connectivity index (χ0) is 18.2. The van der Waals surface area contributed by atoms with Gasteiger partial charge in [-0.3, -0.25) is 9.69 Å².